The molecule has 0 amide bonds. The van der Waals surface area contributed by atoms with Crippen LogP contribution in [-0.4, -0.2) is 44.5 Å². The first-order valence-electron chi connectivity index (χ1n) is 8.10. The van der Waals surface area contributed by atoms with Crippen molar-refractivity contribution >= 4 is 11.8 Å². The highest BCUT2D eigenvalue weighted by atomic mass is 16.6. The van der Waals surface area contributed by atoms with Crippen molar-refractivity contribution in [2.45, 2.75) is 38.1 Å². The highest BCUT2D eigenvalue weighted by molar-refractivity contribution is 5.75. The van der Waals surface area contributed by atoms with Crippen LogP contribution in [0.2, 0.25) is 0 Å². The molecule has 1 aliphatic rings. The molecule has 1 unspecified atom stereocenters. The van der Waals surface area contributed by atoms with Crippen LogP contribution in [0.25, 0.3) is 0 Å². The molecule has 0 saturated carbocycles. The van der Waals surface area contributed by atoms with Crippen LogP contribution in [-0.2, 0) is 20.0 Å². The maximum Gasteiger partial charge on any atom is 0.353 e. The minimum Gasteiger partial charge on any atom is -0.506 e. The first-order chi connectivity index (χ1) is 12.6. The Balaban J connectivity index is 2.21. The second-order valence-corrected chi connectivity index (χ2v) is 6.47. The van der Waals surface area contributed by atoms with Crippen LogP contribution in [0.5, 0.6) is 0 Å². The number of aromatic nitrogens is 2. The Hall–Kier alpha value is -3.10. The average molecular weight is 379 g/mol. The number of ether oxygens (including phenoxy) is 2. The van der Waals surface area contributed by atoms with Gasteiger partial charge in [0.25, 0.3) is 0 Å². The predicted molar refractivity (Wildman–Crippen MR) is 91.6 cm³/mol. The van der Waals surface area contributed by atoms with E-state index in [4.69, 9.17) is 20.9 Å². The van der Waals surface area contributed by atoms with Crippen molar-refractivity contribution in [2.24, 2.45) is 11.7 Å². The molecule has 1 aromatic heterocycles. The highest BCUT2D eigenvalue weighted by Gasteiger charge is 2.53. The third-order valence-electron chi connectivity index (χ3n) is 3.91. The second kappa shape index (κ2) is 7.65. The van der Waals surface area contributed by atoms with E-state index in [1.165, 1.54) is 6.07 Å². The largest absolute Gasteiger partial charge is 0.506 e. The molecule has 0 aromatic carbocycles. The number of carbonyl (C=O) groups excluding carboxylic acids is 1. The summed E-state index contributed by atoms with van der Waals surface area (Å²) in [5, 5.41) is 29.9. The average Bonchev–Trinajstić information content (AvgIpc) is 2.84. The van der Waals surface area contributed by atoms with Crippen LogP contribution >= 0.6 is 0 Å². The van der Waals surface area contributed by atoms with E-state index >= 15 is 0 Å². The fraction of sp³-hybridized carbons (Fsp3) is 0.500. The van der Waals surface area contributed by atoms with Gasteiger partial charge in [0.1, 0.15) is 17.9 Å². The molecule has 6 N–H and O–H groups in total. The smallest absolute Gasteiger partial charge is 0.353 e. The lowest BCUT2D eigenvalue weighted by atomic mass is 10.1. The van der Waals surface area contributed by atoms with E-state index in [9.17, 15) is 25.1 Å². The molecular formula is C16H21N5O6. The topological polar surface area (TPSA) is 187 Å². The van der Waals surface area contributed by atoms with Crippen molar-refractivity contribution in [3.8, 4) is 6.07 Å². The molecule has 3 atom stereocenters. The van der Waals surface area contributed by atoms with Gasteiger partial charge in [0, 0.05) is 6.20 Å². The van der Waals surface area contributed by atoms with Crippen molar-refractivity contribution in [2.75, 3.05) is 12.3 Å². The molecule has 0 bridgehead atoms. The van der Waals surface area contributed by atoms with Gasteiger partial charge >= 0.3 is 17.4 Å². The molecule has 1 aromatic rings. The van der Waals surface area contributed by atoms with E-state index in [-0.39, 0.29) is 17.5 Å². The number of nitrogens with zero attached hydrogens (tertiary/aromatic N) is 3. The van der Waals surface area contributed by atoms with Gasteiger partial charge in [0.2, 0.25) is 0 Å². The van der Waals surface area contributed by atoms with Gasteiger partial charge < -0.3 is 31.2 Å². The third-order valence-corrected chi connectivity index (χ3v) is 3.91. The maximum absolute atomic E-state index is 12.0. The number of nitrogens with two attached hydrogens (primary N) is 2. The molecule has 11 nitrogen and oxygen atoms in total. The third kappa shape index (κ3) is 3.86. The first kappa shape index (κ1) is 20.2. The standard InChI is InChI=1S/C16H21N5O6/c1-8(2)5-9(18)14(24)26-6-10-12(22)13(23)16(7-17,27-10)21-4-3-11(19)20-15(21)25/h3-4,8-9,13,22-23H,5-6,18H2,1-2H3,(H2,19,20,25)/t9-,13?,16-/m1/s1. The number of nitrogen functional groups attached to an aromatic ring is 1. The Labute approximate surface area is 154 Å². The first-order valence-corrected chi connectivity index (χ1v) is 8.10. The quantitative estimate of drug-likeness (QED) is 0.450. The minimum absolute atomic E-state index is 0.0951. The van der Waals surface area contributed by atoms with E-state index < -0.39 is 41.9 Å². The zero-order valence-corrected chi connectivity index (χ0v) is 14.8. The zero-order chi connectivity index (χ0) is 20.4. The Morgan fingerprint density at radius 1 is 1.59 bits per heavy atom. The lowest BCUT2D eigenvalue weighted by Crippen LogP contribution is -2.48. The summed E-state index contributed by atoms with van der Waals surface area (Å²) in [6, 6.07) is 1.99. The SMILES string of the molecule is CC(C)C[C@@H](N)C(=O)OCC1=C(O)C(O)[C@](C#N)(n2ccc(N)nc2=O)O1. The van der Waals surface area contributed by atoms with Gasteiger partial charge in [0.05, 0.1) is 0 Å². The molecule has 0 fully saturated rings. The van der Waals surface area contributed by atoms with Crippen LogP contribution < -0.4 is 17.2 Å². The minimum atomic E-state index is -2.32. The van der Waals surface area contributed by atoms with Gasteiger partial charge in [-0.05, 0) is 18.4 Å². The number of aliphatic hydroxyl groups is 2. The molecule has 2 rings (SSSR count). The summed E-state index contributed by atoms with van der Waals surface area (Å²) < 4.78 is 11.0. The van der Waals surface area contributed by atoms with Crippen molar-refractivity contribution in [3.63, 3.8) is 0 Å². The summed E-state index contributed by atoms with van der Waals surface area (Å²) in [4.78, 5) is 27.4. The molecule has 0 radical (unpaired) electrons. The van der Waals surface area contributed by atoms with Crippen LogP contribution in [0.3, 0.4) is 0 Å². The summed E-state index contributed by atoms with van der Waals surface area (Å²) in [7, 11) is 0. The Morgan fingerprint density at radius 2 is 2.26 bits per heavy atom. The monoisotopic (exact) mass is 379 g/mol. The summed E-state index contributed by atoms with van der Waals surface area (Å²) in [5.74, 6) is -1.78. The lowest BCUT2D eigenvalue weighted by Gasteiger charge is -2.26. The number of hydrogen-bond donors (Lipinski definition) is 4. The molecule has 2 heterocycles. The number of anilines is 1. The van der Waals surface area contributed by atoms with Gasteiger partial charge in [-0.25, -0.2) is 9.36 Å². The molecule has 0 aliphatic carbocycles. The number of esters is 1. The van der Waals surface area contributed by atoms with Crippen LogP contribution in [0.15, 0.2) is 28.6 Å². The van der Waals surface area contributed by atoms with E-state index in [0.717, 1.165) is 6.20 Å². The molecule has 0 saturated heterocycles. The molecular weight excluding hydrogens is 358 g/mol. The number of carbonyl (C=O) groups is 1. The zero-order valence-electron chi connectivity index (χ0n) is 14.8. The summed E-state index contributed by atoms with van der Waals surface area (Å²) in [6.45, 7) is 3.20. The Kier molecular flexibility index (Phi) is 5.72. The molecule has 0 spiro atoms. The van der Waals surface area contributed by atoms with E-state index in [2.05, 4.69) is 4.98 Å². The van der Waals surface area contributed by atoms with Gasteiger partial charge in [-0.1, -0.05) is 13.8 Å². The lowest BCUT2D eigenvalue weighted by molar-refractivity contribution is -0.147. The molecule has 146 valence electrons. The molecule has 11 heteroatoms. The summed E-state index contributed by atoms with van der Waals surface area (Å²) in [6.07, 6.45) is -0.427. The van der Waals surface area contributed by atoms with Gasteiger partial charge in [-0.2, -0.15) is 10.2 Å². The highest BCUT2D eigenvalue weighted by Crippen LogP contribution is 2.36. The van der Waals surface area contributed by atoms with Crippen LogP contribution in [0, 0.1) is 17.2 Å². The van der Waals surface area contributed by atoms with E-state index in [1.54, 1.807) is 6.07 Å². The van der Waals surface area contributed by atoms with E-state index in [1.807, 2.05) is 13.8 Å². The van der Waals surface area contributed by atoms with Crippen LogP contribution in [0.4, 0.5) is 5.82 Å². The number of aliphatic hydroxyl groups excluding tert-OH is 2. The summed E-state index contributed by atoms with van der Waals surface area (Å²) in [5.41, 5.74) is 7.82. The van der Waals surface area contributed by atoms with Crippen molar-refractivity contribution < 1.29 is 24.5 Å². The van der Waals surface area contributed by atoms with Crippen molar-refractivity contribution in [3.05, 3.63) is 34.3 Å². The van der Waals surface area contributed by atoms with Crippen molar-refractivity contribution in [1.82, 2.24) is 9.55 Å². The van der Waals surface area contributed by atoms with Crippen molar-refractivity contribution in [1.29, 1.82) is 5.26 Å². The maximum atomic E-state index is 12.0. The molecule has 27 heavy (non-hydrogen) atoms. The normalized spacial score (nSPS) is 23.0. The van der Waals surface area contributed by atoms with E-state index in [0.29, 0.717) is 11.0 Å². The summed E-state index contributed by atoms with van der Waals surface area (Å²) >= 11 is 0. The second-order valence-electron chi connectivity index (χ2n) is 6.47. The van der Waals surface area contributed by atoms with Gasteiger partial charge in [-0.3, -0.25) is 4.79 Å². The predicted octanol–water partition coefficient (Wildman–Crippen LogP) is -0.921. The Morgan fingerprint density at radius 3 is 2.81 bits per heavy atom. The number of rotatable bonds is 6. The molecule has 1 aliphatic heterocycles. The van der Waals surface area contributed by atoms with Gasteiger partial charge in [-0.15, -0.1) is 0 Å². The Bertz CT molecular complexity index is 858. The number of nitriles is 1. The van der Waals surface area contributed by atoms with Gasteiger partial charge in [0.15, 0.2) is 24.2 Å². The van der Waals surface area contributed by atoms with Crippen LogP contribution in [0.1, 0.15) is 20.3 Å². The fourth-order valence-corrected chi connectivity index (χ4v) is 2.57. The fourth-order valence-electron chi connectivity index (χ4n) is 2.57. The number of hydrogen-bond acceptors (Lipinski definition) is 10.